The number of rotatable bonds is 7. The van der Waals surface area contributed by atoms with E-state index in [0.29, 0.717) is 17.5 Å². The van der Waals surface area contributed by atoms with Crippen LogP contribution in [0.25, 0.3) is 10.4 Å². The average molecular weight is 488 g/mol. The molecule has 0 aliphatic carbocycles. The van der Waals surface area contributed by atoms with Gasteiger partial charge in [-0.05, 0) is 51.7 Å². The molecule has 2 aromatic heterocycles. The maximum Gasteiger partial charge on any atom is 0.280 e. The normalized spacial score (nSPS) is 23.2. The third kappa shape index (κ3) is 5.08. The first-order valence-corrected chi connectivity index (χ1v) is 12.7. The van der Waals surface area contributed by atoms with Crippen LogP contribution in [0.3, 0.4) is 0 Å². The first kappa shape index (κ1) is 24.6. The molecule has 0 unspecified atom stereocenters. The van der Waals surface area contributed by atoms with Crippen molar-refractivity contribution in [1.82, 2.24) is 20.2 Å². The predicted octanol–water partition coefficient (Wildman–Crippen LogP) is 2.84. The summed E-state index contributed by atoms with van der Waals surface area (Å²) in [5, 5.41) is 16.3. The lowest BCUT2D eigenvalue weighted by molar-refractivity contribution is 0.0743. The fourth-order valence-electron chi connectivity index (χ4n) is 4.25. The summed E-state index contributed by atoms with van der Waals surface area (Å²) in [7, 11) is 0. The summed E-state index contributed by atoms with van der Waals surface area (Å²) < 4.78 is 5.23. The molecule has 0 saturated carbocycles. The van der Waals surface area contributed by atoms with E-state index in [-0.39, 0.29) is 35.9 Å². The van der Waals surface area contributed by atoms with E-state index < -0.39 is 18.1 Å². The summed E-state index contributed by atoms with van der Waals surface area (Å²) in [5.41, 5.74) is 2.00. The lowest BCUT2D eigenvalue weighted by Gasteiger charge is -2.21. The molecular weight excluding hydrogens is 454 g/mol. The Labute approximate surface area is 203 Å². The highest BCUT2D eigenvalue weighted by Crippen LogP contribution is 2.35. The van der Waals surface area contributed by atoms with Crippen molar-refractivity contribution in [2.75, 3.05) is 25.1 Å². The number of anilines is 1. The standard InChI is InChI=1S/C24H33N5O4S/c1-5-14(3)26-19-9-13(2)16(10-25-19)21-20(24(32)29-8-6-7-15(29)4)28-23(34-21)22(31)27-17-11-33-12-18(17)30/h9-10,14-15,17-18,30H,5-8,11-12H2,1-4H3,(H,25,26)(H,27,31)/t14-,15+,17-,18-/m1/s1. The number of ether oxygens (including phenoxy) is 1. The highest BCUT2D eigenvalue weighted by molar-refractivity contribution is 7.17. The number of aliphatic hydroxyl groups is 1. The van der Waals surface area contributed by atoms with Crippen molar-refractivity contribution in [3.63, 3.8) is 0 Å². The Kier molecular flexibility index (Phi) is 7.49. The predicted molar refractivity (Wildman–Crippen MR) is 131 cm³/mol. The molecule has 4 atom stereocenters. The number of hydrogen-bond acceptors (Lipinski definition) is 8. The van der Waals surface area contributed by atoms with Gasteiger partial charge in [0.1, 0.15) is 11.5 Å². The highest BCUT2D eigenvalue weighted by Gasteiger charge is 2.33. The van der Waals surface area contributed by atoms with Gasteiger partial charge in [-0.15, -0.1) is 11.3 Å². The molecule has 34 heavy (non-hydrogen) atoms. The number of aromatic nitrogens is 2. The van der Waals surface area contributed by atoms with E-state index >= 15 is 0 Å². The van der Waals surface area contributed by atoms with Gasteiger partial charge >= 0.3 is 0 Å². The van der Waals surface area contributed by atoms with Crippen molar-refractivity contribution in [3.8, 4) is 10.4 Å². The zero-order chi connectivity index (χ0) is 24.4. The highest BCUT2D eigenvalue weighted by atomic mass is 32.1. The minimum absolute atomic E-state index is 0.131. The van der Waals surface area contributed by atoms with Crippen molar-refractivity contribution in [2.24, 2.45) is 0 Å². The number of nitrogens with one attached hydrogen (secondary N) is 2. The number of carbonyl (C=O) groups is 2. The zero-order valence-electron chi connectivity index (χ0n) is 20.1. The van der Waals surface area contributed by atoms with Crippen LogP contribution < -0.4 is 10.6 Å². The molecule has 4 heterocycles. The number of thiazole rings is 1. The second-order valence-electron chi connectivity index (χ2n) is 9.21. The topological polar surface area (TPSA) is 117 Å². The summed E-state index contributed by atoms with van der Waals surface area (Å²) in [6.45, 7) is 9.32. The van der Waals surface area contributed by atoms with Gasteiger partial charge in [0.15, 0.2) is 5.01 Å². The van der Waals surface area contributed by atoms with Crippen LogP contribution in [0.15, 0.2) is 12.3 Å². The molecule has 4 rings (SSSR count). The van der Waals surface area contributed by atoms with Gasteiger partial charge in [0, 0.05) is 30.4 Å². The molecule has 184 valence electrons. The fraction of sp³-hybridized carbons (Fsp3) is 0.583. The van der Waals surface area contributed by atoms with Crippen molar-refractivity contribution in [2.45, 2.75) is 71.2 Å². The van der Waals surface area contributed by atoms with Gasteiger partial charge in [0.05, 0.1) is 30.2 Å². The molecule has 0 spiro atoms. The second-order valence-corrected chi connectivity index (χ2v) is 10.2. The van der Waals surface area contributed by atoms with Crippen LogP contribution >= 0.6 is 11.3 Å². The van der Waals surface area contributed by atoms with Gasteiger partial charge in [0.25, 0.3) is 11.8 Å². The number of likely N-dealkylation sites (tertiary alicyclic amines) is 1. The summed E-state index contributed by atoms with van der Waals surface area (Å²) in [4.78, 5) is 38.0. The van der Waals surface area contributed by atoms with Crippen molar-refractivity contribution in [1.29, 1.82) is 0 Å². The smallest absolute Gasteiger partial charge is 0.280 e. The summed E-state index contributed by atoms with van der Waals surface area (Å²) >= 11 is 1.18. The molecule has 10 heteroatoms. The van der Waals surface area contributed by atoms with Gasteiger partial charge < -0.3 is 25.4 Å². The van der Waals surface area contributed by atoms with Crippen LogP contribution in [0.4, 0.5) is 5.82 Å². The molecule has 2 aliphatic heterocycles. The quantitative estimate of drug-likeness (QED) is 0.550. The van der Waals surface area contributed by atoms with Crippen LogP contribution in [0.2, 0.25) is 0 Å². The van der Waals surface area contributed by atoms with Gasteiger partial charge in [0.2, 0.25) is 0 Å². The van der Waals surface area contributed by atoms with E-state index in [1.807, 2.05) is 24.8 Å². The number of pyridine rings is 1. The van der Waals surface area contributed by atoms with E-state index in [2.05, 4.69) is 34.4 Å². The molecule has 3 N–H and O–H groups in total. The van der Waals surface area contributed by atoms with Crippen LogP contribution in [-0.2, 0) is 4.74 Å². The zero-order valence-corrected chi connectivity index (χ0v) is 20.9. The Bertz CT molecular complexity index is 1060. The Morgan fingerprint density at radius 2 is 2.18 bits per heavy atom. The second kappa shape index (κ2) is 10.4. The first-order chi connectivity index (χ1) is 16.3. The van der Waals surface area contributed by atoms with E-state index in [1.165, 1.54) is 11.3 Å². The Morgan fingerprint density at radius 1 is 1.38 bits per heavy atom. The number of nitrogens with zero attached hydrogens (tertiary/aromatic N) is 3. The van der Waals surface area contributed by atoms with E-state index in [0.717, 1.165) is 36.2 Å². The maximum atomic E-state index is 13.5. The van der Waals surface area contributed by atoms with E-state index in [4.69, 9.17) is 4.74 Å². The largest absolute Gasteiger partial charge is 0.388 e. The van der Waals surface area contributed by atoms with Crippen LogP contribution in [0.1, 0.15) is 65.9 Å². The minimum Gasteiger partial charge on any atom is -0.388 e. The maximum absolute atomic E-state index is 13.5. The van der Waals surface area contributed by atoms with E-state index in [1.54, 1.807) is 6.20 Å². The number of carbonyl (C=O) groups excluding carboxylic acids is 2. The van der Waals surface area contributed by atoms with Gasteiger partial charge in [-0.2, -0.15) is 0 Å². The third-order valence-electron chi connectivity index (χ3n) is 6.57. The molecule has 2 aromatic rings. The summed E-state index contributed by atoms with van der Waals surface area (Å²) in [6.07, 6.45) is 3.87. The lowest BCUT2D eigenvalue weighted by atomic mass is 10.1. The van der Waals surface area contributed by atoms with Gasteiger partial charge in [-0.3, -0.25) is 9.59 Å². The molecule has 2 saturated heterocycles. The number of aliphatic hydroxyl groups excluding tert-OH is 1. The molecular formula is C24H33N5O4S. The number of amides is 2. The van der Waals surface area contributed by atoms with Crippen molar-refractivity contribution >= 4 is 29.0 Å². The monoisotopic (exact) mass is 487 g/mol. The van der Waals surface area contributed by atoms with Crippen LogP contribution in [0.5, 0.6) is 0 Å². The average Bonchev–Trinajstić information content (AvgIpc) is 3.54. The van der Waals surface area contributed by atoms with E-state index in [9.17, 15) is 14.7 Å². The fourth-order valence-corrected chi connectivity index (χ4v) is 5.29. The molecule has 2 amide bonds. The van der Waals surface area contributed by atoms with Crippen LogP contribution in [0, 0.1) is 6.92 Å². The lowest BCUT2D eigenvalue weighted by Crippen LogP contribution is -2.42. The Hall–Kier alpha value is -2.56. The molecule has 2 aliphatic rings. The molecule has 9 nitrogen and oxygen atoms in total. The van der Waals surface area contributed by atoms with Crippen molar-refractivity contribution in [3.05, 3.63) is 28.5 Å². The third-order valence-corrected chi connectivity index (χ3v) is 7.65. The molecule has 0 aromatic carbocycles. The number of aryl methyl sites for hydroxylation is 1. The van der Waals surface area contributed by atoms with Gasteiger partial charge in [-0.25, -0.2) is 9.97 Å². The first-order valence-electron chi connectivity index (χ1n) is 11.9. The minimum atomic E-state index is -0.757. The number of hydrogen-bond donors (Lipinski definition) is 3. The summed E-state index contributed by atoms with van der Waals surface area (Å²) in [5.74, 6) is 0.185. The molecule has 0 bridgehead atoms. The molecule has 2 fully saturated rings. The Balaban J connectivity index is 1.68. The molecule has 0 radical (unpaired) electrons. The van der Waals surface area contributed by atoms with Crippen LogP contribution in [-0.4, -0.2) is 75.8 Å². The Morgan fingerprint density at radius 3 is 2.79 bits per heavy atom. The summed E-state index contributed by atoms with van der Waals surface area (Å²) in [6, 6.07) is 1.89. The van der Waals surface area contributed by atoms with Crippen molar-refractivity contribution < 1.29 is 19.4 Å². The van der Waals surface area contributed by atoms with Gasteiger partial charge in [-0.1, -0.05) is 6.92 Å². The SMILES string of the molecule is CC[C@@H](C)Nc1cc(C)c(-c2sc(C(=O)N[C@@H]3COC[C@H]3O)nc2C(=O)N2CCC[C@@H]2C)cn1.